The minimum Gasteiger partial charge on any atom is -0.477 e. The van der Waals surface area contributed by atoms with Crippen LogP contribution < -0.4 is 10.6 Å². The molecule has 352 valence electrons. The Balaban J connectivity index is 1.70. The van der Waals surface area contributed by atoms with E-state index in [0.29, 0.717) is 0 Å². The number of carboxylic acid groups (broad SMARTS) is 2. The molecule has 0 saturated carbocycles. The summed E-state index contributed by atoms with van der Waals surface area (Å²) in [6.45, 7) is -2.30. The molecule has 4 heterocycles. The molecule has 0 aromatic rings. The molecule has 0 aromatic carbocycles. The predicted molar refractivity (Wildman–Crippen MR) is 185 cm³/mol. The van der Waals surface area contributed by atoms with Crippen LogP contribution in [0.25, 0.3) is 0 Å². The van der Waals surface area contributed by atoms with Crippen molar-refractivity contribution in [2.75, 3.05) is 26.4 Å². The van der Waals surface area contributed by atoms with E-state index in [2.05, 4.69) is 10.6 Å². The van der Waals surface area contributed by atoms with Crippen molar-refractivity contribution >= 4 is 23.8 Å². The van der Waals surface area contributed by atoms with Gasteiger partial charge in [0, 0.05) is 26.7 Å². The van der Waals surface area contributed by atoms with Crippen LogP contribution >= 0.6 is 0 Å². The average Bonchev–Trinajstić information content (AvgIpc) is 3.20. The number of aliphatic hydroxyl groups excluding tert-OH is 13. The lowest BCUT2D eigenvalue weighted by atomic mass is 9.87. The first-order valence-corrected chi connectivity index (χ1v) is 18.8. The van der Waals surface area contributed by atoms with Crippen LogP contribution in [-0.2, 0) is 52.3 Å². The van der Waals surface area contributed by atoms with Gasteiger partial charge in [-0.15, -0.1) is 0 Å². The van der Waals surface area contributed by atoms with Crippen LogP contribution in [0.1, 0.15) is 26.7 Å². The van der Waals surface area contributed by atoms with Gasteiger partial charge in [0.15, 0.2) is 12.6 Å². The number of rotatable bonds is 17. The predicted octanol–water partition coefficient (Wildman–Crippen LogP) is -10.4. The van der Waals surface area contributed by atoms with Gasteiger partial charge in [-0.05, 0) is 0 Å². The van der Waals surface area contributed by atoms with Gasteiger partial charge in [0.1, 0.15) is 79.4 Å². The van der Waals surface area contributed by atoms with Gasteiger partial charge in [0.05, 0.1) is 50.7 Å². The molecule has 0 spiro atoms. The Kier molecular flexibility index (Phi) is 17.2. The molecule has 0 bridgehead atoms. The van der Waals surface area contributed by atoms with Gasteiger partial charge in [0.25, 0.3) is 11.6 Å². The van der Waals surface area contributed by atoms with E-state index in [1.165, 1.54) is 0 Å². The van der Waals surface area contributed by atoms with E-state index < -0.39 is 191 Å². The second-order valence-corrected chi connectivity index (χ2v) is 15.0. The molecule has 0 aromatic heterocycles. The molecule has 28 heteroatoms. The molecule has 2 amide bonds. The van der Waals surface area contributed by atoms with Gasteiger partial charge in [-0.2, -0.15) is 0 Å². The Hall–Kier alpha value is -2.92. The maximum atomic E-state index is 13.1. The Labute approximate surface area is 344 Å². The summed E-state index contributed by atoms with van der Waals surface area (Å²) in [5, 5.41) is 163. The van der Waals surface area contributed by atoms with Crippen LogP contribution in [0.2, 0.25) is 0 Å². The maximum absolute atomic E-state index is 13.1. The number of aliphatic carboxylic acids is 2. The molecule has 21 atom stereocenters. The van der Waals surface area contributed by atoms with Gasteiger partial charge < -0.3 is 120 Å². The van der Waals surface area contributed by atoms with E-state index >= 15 is 0 Å². The summed E-state index contributed by atoms with van der Waals surface area (Å²) in [5.41, 5.74) is 0. The van der Waals surface area contributed by atoms with Crippen molar-refractivity contribution in [1.82, 2.24) is 10.6 Å². The third-order valence-electron chi connectivity index (χ3n) is 10.6. The molecular weight excluding hydrogens is 840 g/mol. The fraction of sp³-hybridized carbons (Fsp3) is 0.879. The number of carbonyl (C=O) groups excluding carboxylic acids is 2. The topological polar surface area (TPSA) is 460 Å². The fourth-order valence-corrected chi connectivity index (χ4v) is 7.44. The van der Waals surface area contributed by atoms with Crippen LogP contribution in [0.15, 0.2) is 0 Å². The highest BCUT2D eigenvalue weighted by molar-refractivity contribution is 5.77. The van der Waals surface area contributed by atoms with Crippen LogP contribution in [0, 0.1) is 0 Å². The zero-order valence-electron chi connectivity index (χ0n) is 32.4. The van der Waals surface area contributed by atoms with Crippen LogP contribution in [-0.4, -0.2) is 255 Å². The number of carbonyl (C=O) groups is 4. The molecule has 61 heavy (non-hydrogen) atoms. The number of hydrogen-bond acceptors (Lipinski definition) is 24. The number of ether oxygens (including phenoxy) is 7. The number of aliphatic hydroxyl groups is 13. The number of amides is 2. The second kappa shape index (κ2) is 20.7. The van der Waals surface area contributed by atoms with Gasteiger partial charge in [0.2, 0.25) is 11.8 Å². The normalized spacial score (nSPS) is 42.7. The van der Waals surface area contributed by atoms with E-state index in [4.69, 9.17) is 33.2 Å². The fourth-order valence-electron chi connectivity index (χ4n) is 7.44. The largest absolute Gasteiger partial charge is 0.477 e. The Morgan fingerprint density at radius 2 is 1.25 bits per heavy atom. The van der Waals surface area contributed by atoms with Crippen LogP contribution in [0.4, 0.5) is 0 Å². The van der Waals surface area contributed by atoms with Gasteiger partial charge in [-0.3, -0.25) is 9.59 Å². The zero-order valence-corrected chi connectivity index (χ0v) is 32.4. The van der Waals surface area contributed by atoms with Crippen molar-refractivity contribution in [2.45, 2.75) is 154 Å². The van der Waals surface area contributed by atoms with Crippen molar-refractivity contribution in [3.8, 4) is 0 Å². The molecule has 4 aliphatic rings. The molecule has 4 saturated heterocycles. The summed E-state index contributed by atoms with van der Waals surface area (Å²) in [6, 6.07) is -3.53. The van der Waals surface area contributed by atoms with Crippen molar-refractivity contribution in [3.63, 3.8) is 0 Å². The third-order valence-corrected chi connectivity index (χ3v) is 10.6. The van der Waals surface area contributed by atoms with Crippen LogP contribution in [0.5, 0.6) is 0 Å². The minimum absolute atomic E-state index is 0.606. The molecule has 0 aliphatic carbocycles. The lowest BCUT2D eigenvalue weighted by Crippen LogP contribution is -2.71. The first kappa shape index (κ1) is 50.7. The van der Waals surface area contributed by atoms with Gasteiger partial charge >= 0.3 is 11.9 Å². The number of carboxylic acids is 2. The van der Waals surface area contributed by atoms with Crippen LogP contribution in [0.3, 0.4) is 0 Å². The lowest BCUT2D eigenvalue weighted by molar-refractivity contribution is -0.383. The Bertz CT molecular complexity index is 1510. The minimum atomic E-state index is -3.29. The number of hydrogen-bond donors (Lipinski definition) is 17. The highest BCUT2D eigenvalue weighted by Gasteiger charge is 2.62. The summed E-state index contributed by atoms with van der Waals surface area (Å²) in [7, 11) is 0. The van der Waals surface area contributed by atoms with Gasteiger partial charge in [-0.1, -0.05) is 0 Å². The highest BCUT2D eigenvalue weighted by atomic mass is 16.8. The molecule has 4 fully saturated rings. The number of nitrogens with one attached hydrogen (secondary N) is 2. The molecule has 1 unspecified atom stereocenters. The SMILES string of the molecule is CC(=O)N[C@H]1[C@H]([C@H](O)[C@H](O)CO)O[C@@](O[C@H](CO)[C@@H](O)[C@@H]2O[C@@](O[C@H]3[C@@H](O)[C@@H](CO)O[C@@H](O[C@@H]4COC(O)[C@H](O)[C@H]4O)[C@@H]3O)(C(=O)O)C[C@H](O)[C@H]2NC(C)=O)(C(=O)O)C[C@@H]1O. The summed E-state index contributed by atoms with van der Waals surface area (Å²) in [5.74, 6) is -12.5. The van der Waals surface area contributed by atoms with E-state index in [9.17, 15) is 95.8 Å². The van der Waals surface area contributed by atoms with Gasteiger partial charge in [-0.25, -0.2) is 9.59 Å². The third kappa shape index (κ3) is 10.9. The summed E-state index contributed by atoms with van der Waals surface area (Å²) < 4.78 is 38.2. The Morgan fingerprint density at radius 1 is 0.721 bits per heavy atom. The zero-order chi connectivity index (χ0) is 45.9. The molecule has 17 N–H and O–H groups in total. The van der Waals surface area contributed by atoms with Crippen molar-refractivity contribution in [2.24, 2.45) is 0 Å². The first-order chi connectivity index (χ1) is 28.5. The molecular formula is C33H54N2O26. The standard InChI is InChI=1S/C33H54N2O26/c1-9(39)34-17-11(41)3-32(30(51)52,59-25(17)19(44)13(43)5-36)58-15(7-38)22(47)26-18(35-10(2)40)12(42)4-33(60-26,31(53)54)61-27-21(46)14(6-37)56-29(24(27)49)57-16-8-55-28(50)23(48)20(16)45/h11-29,36-38,41-50H,3-8H2,1-2H3,(H,34,39)(H,35,40)(H,51,52)(H,53,54)/t11-,12-,13+,14+,15+,16+,17+,18+,19+,20-,21-,22+,23+,24+,25+,26+,27-,28?,29-,32+,33-/m0/s1. The second-order valence-electron chi connectivity index (χ2n) is 15.0. The Morgan fingerprint density at radius 3 is 1.74 bits per heavy atom. The molecule has 0 radical (unpaired) electrons. The highest BCUT2D eigenvalue weighted by Crippen LogP contribution is 2.40. The summed E-state index contributed by atoms with van der Waals surface area (Å²) in [4.78, 5) is 50.1. The smallest absolute Gasteiger partial charge is 0.364 e. The van der Waals surface area contributed by atoms with E-state index in [1.807, 2.05) is 0 Å². The molecule has 4 rings (SSSR count). The van der Waals surface area contributed by atoms with E-state index in [-0.39, 0.29) is 0 Å². The molecule has 28 nitrogen and oxygen atoms in total. The lowest BCUT2D eigenvalue weighted by Gasteiger charge is -2.51. The van der Waals surface area contributed by atoms with E-state index in [0.717, 1.165) is 13.8 Å². The quantitative estimate of drug-likeness (QED) is 0.0644. The van der Waals surface area contributed by atoms with E-state index in [1.54, 1.807) is 0 Å². The van der Waals surface area contributed by atoms with Crippen molar-refractivity contribution in [1.29, 1.82) is 0 Å². The van der Waals surface area contributed by atoms with Crippen molar-refractivity contribution < 1.29 is 129 Å². The monoisotopic (exact) mass is 894 g/mol. The van der Waals surface area contributed by atoms with Crippen molar-refractivity contribution in [3.05, 3.63) is 0 Å². The average molecular weight is 895 g/mol. The maximum Gasteiger partial charge on any atom is 0.364 e. The summed E-state index contributed by atoms with van der Waals surface area (Å²) >= 11 is 0. The molecule has 4 aliphatic heterocycles. The summed E-state index contributed by atoms with van der Waals surface area (Å²) in [6.07, 6.45) is -37.7. The first-order valence-electron chi connectivity index (χ1n) is 18.8.